The summed E-state index contributed by atoms with van der Waals surface area (Å²) in [5.41, 5.74) is 1.47. The van der Waals surface area contributed by atoms with E-state index in [0.29, 0.717) is 31.6 Å². The van der Waals surface area contributed by atoms with Crippen molar-refractivity contribution in [2.45, 2.75) is 38.8 Å². The molecular formula is C23H27NO5. The molecule has 2 aromatic carbocycles. The van der Waals surface area contributed by atoms with E-state index in [0.717, 1.165) is 5.56 Å². The number of carbonyl (C=O) groups excluding carboxylic acids is 3. The molecule has 0 saturated carbocycles. The van der Waals surface area contributed by atoms with E-state index in [-0.39, 0.29) is 18.8 Å². The Kier molecular flexibility index (Phi) is 9.59. The molecule has 6 heteroatoms. The maximum atomic E-state index is 12.5. The van der Waals surface area contributed by atoms with Gasteiger partial charge >= 0.3 is 5.97 Å². The molecule has 6 nitrogen and oxygen atoms in total. The van der Waals surface area contributed by atoms with Gasteiger partial charge in [0.15, 0.2) is 11.8 Å². The summed E-state index contributed by atoms with van der Waals surface area (Å²) >= 11 is 0. The fourth-order valence-electron chi connectivity index (χ4n) is 2.71. The number of esters is 1. The van der Waals surface area contributed by atoms with Crippen molar-refractivity contribution in [1.29, 1.82) is 0 Å². The molecule has 0 fully saturated rings. The maximum Gasteiger partial charge on any atom is 0.336 e. The fraction of sp³-hybridized carbons (Fsp3) is 0.348. The van der Waals surface area contributed by atoms with Crippen LogP contribution < -0.4 is 5.32 Å². The number of amides is 1. The average molecular weight is 397 g/mol. The van der Waals surface area contributed by atoms with Crippen molar-refractivity contribution in [3.05, 3.63) is 71.8 Å². The van der Waals surface area contributed by atoms with Gasteiger partial charge in [-0.3, -0.25) is 9.59 Å². The second kappa shape index (κ2) is 12.5. The standard InChI is InChI=1S/C23H27NO5/c1-2-29-23(27)21(24-22(26)19-13-7-4-8-14-19)20(25)15-9-10-16-28-17-18-11-5-3-6-12-18/h3-8,11-14,21H,2,9-10,15-17H2,1H3,(H,24,26). The first-order valence-electron chi connectivity index (χ1n) is 9.78. The zero-order valence-electron chi connectivity index (χ0n) is 16.6. The van der Waals surface area contributed by atoms with Crippen LogP contribution in [0.25, 0.3) is 0 Å². The van der Waals surface area contributed by atoms with Gasteiger partial charge in [0.2, 0.25) is 0 Å². The lowest BCUT2D eigenvalue weighted by Gasteiger charge is -2.16. The van der Waals surface area contributed by atoms with Crippen LogP contribution in [0.4, 0.5) is 0 Å². The molecule has 0 aliphatic carbocycles. The van der Waals surface area contributed by atoms with Crippen LogP contribution in [0.3, 0.4) is 0 Å². The highest BCUT2D eigenvalue weighted by atomic mass is 16.5. The first-order valence-corrected chi connectivity index (χ1v) is 9.78. The smallest absolute Gasteiger partial charge is 0.336 e. The number of nitrogens with one attached hydrogen (secondary N) is 1. The predicted molar refractivity (Wildman–Crippen MR) is 109 cm³/mol. The van der Waals surface area contributed by atoms with E-state index < -0.39 is 17.9 Å². The van der Waals surface area contributed by atoms with Crippen LogP contribution in [0.5, 0.6) is 0 Å². The van der Waals surface area contributed by atoms with E-state index in [2.05, 4.69) is 5.32 Å². The molecule has 0 radical (unpaired) electrons. The predicted octanol–water partition coefficient (Wildman–Crippen LogP) is 3.30. The minimum absolute atomic E-state index is 0.136. The molecule has 1 unspecified atom stereocenters. The quantitative estimate of drug-likeness (QED) is 0.338. The zero-order chi connectivity index (χ0) is 20.9. The molecule has 1 amide bonds. The second-order valence-electron chi connectivity index (χ2n) is 6.49. The minimum atomic E-state index is -1.30. The lowest BCUT2D eigenvalue weighted by atomic mass is 10.1. The minimum Gasteiger partial charge on any atom is -0.464 e. The Morgan fingerprint density at radius 3 is 2.24 bits per heavy atom. The van der Waals surface area contributed by atoms with Crippen LogP contribution in [0.1, 0.15) is 42.1 Å². The van der Waals surface area contributed by atoms with E-state index >= 15 is 0 Å². The molecule has 0 heterocycles. The van der Waals surface area contributed by atoms with Gasteiger partial charge < -0.3 is 14.8 Å². The van der Waals surface area contributed by atoms with Crippen molar-refractivity contribution >= 4 is 17.7 Å². The number of rotatable bonds is 12. The maximum absolute atomic E-state index is 12.5. The molecule has 0 aliphatic heterocycles. The summed E-state index contributed by atoms with van der Waals surface area (Å²) in [4.78, 5) is 37.0. The van der Waals surface area contributed by atoms with Crippen LogP contribution in [0.2, 0.25) is 0 Å². The van der Waals surface area contributed by atoms with Crippen molar-refractivity contribution in [1.82, 2.24) is 5.32 Å². The fourth-order valence-corrected chi connectivity index (χ4v) is 2.71. The van der Waals surface area contributed by atoms with Crippen LogP contribution in [0.15, 0.2) is 60.7 Å². The highest BCUT2D eigenvalue weighted by molar-refractivity contribution is 6.08. The summed E-state index contributed by atoms with van der Waals surface area (Å²) in [5.74, 6) is -1.58. The van der Waals surface area contributed by atoms with E-state index in [1.807, 2.05) is 30.3 Å². The SMILES string of the molecule is CCOC(=O)C(NC(=O)c1ccccc1)C(=O)CCCCOCc1ccccc1. The average Bonchev–Trinajstić information content (AvgIpc) is 2.75. The third kappa shape index (κ3) is 7.87. The van der Waals surface area contributed by atoms with Gasteiger partial charge in [0.1, 0.15) is 0 Å². The highest BCUT2D eigenvalue weighted by Crippen LogP contribution is 2.07. The monoisotopic (exact) mass is 397 g/mol. The Bertz CT molecular complexity index is 776. The molecule has 0 aromatic heterocycles. The Balaban J connectivity index is 1.79. The van der Waals surface area contributed by atoms with E-state index in [1.165, 1.54) is 0 Å². The van der Waals surface area contributed by atoms with Crippen LogP contribution >= 0.6 is 0 Å². The zero-order valence-corrected chi connectivity index (χ0v) is 16.6. The normalized spacial score (nSPS) is 11.5. The van der Waals surface area contributed by atoms with Crippen molar-refractivity contribution in [2.24, 2.45) is 0 Å². The Morgan fingerprint density at radius 1 is 0.931 bits per heavy atom. The molecule has 2 rings (SSSR count). The lowest BCUT2D eigenvalue weighted by molar-refractivity contribution is -0.148. The molecule has 29 heavy (non-hydrogen) atoms. The third-order valence-corrected chi connectivity index (χ3v) is 4.23. The number of ether oxygens (including phenoxy) is 2. The van der Waals surface area contributed by atoms with E-state index in [4.69, 9.17) is 9.47 Å². The van der Waals surface area contributed by atoms with Gasteiger partial charge in [0.25, 0.3) is 5.91 Å². The summed E-state index contributed by atoms with van der Waals surface area (Å²) in [6, 6.07) is 17.0. The number of hydrogen-bond acceptors (Lipinski definition) is 5. The van der Waals surface area contributed by atoms with E-state index in [1.54, 1.807) is 37.3 Å². The largest absolute Gasteiger partial charge is 0.464 e. The first kappa shape index (κ1) is 22.3. The van der Waals surface area contributed by atoms with Crippen LogP contribution in [0, 0.1) is 0 Å². The molecule has 1 atom stereocenters. The lowest BCUT2D eigenvalue weighted by Crippen LogP contribution is -2.47. The molecular weight excluding hydrogens is 370 g/mol. The Morgan fingerprint density at radius 2 is 1.59 bits per heavy atom. The van der Waals surface area contributed by atoms with Gasteiger partial charge in [-0.2, -0.15) is 0 Å². The highest BCUT2D eigenvalue weighted by Gasteiger charge is 2.29. The van der Waals surface area contributed by atoms with Gasteiger partial charge in [-0.25, -0.2) is 4.79 Å². The summed E-state index contributed by atoms with van der Waals surface area (Å²) in [5, 5.41) is 2.50. The van der Waals surface area contributed by atoms with E-state index in [9.17, 15) is 14.4 Å². The van der Waals surface area contributed by atoms with Gasteiger partial charge in [0.05, 0.1) is 13.2 Å². The molecule has 2 aromatic rings. The Labute approximate surface area is 171 Å². The molecule has 0 spiro atoms. The van der Waals surface area contributed by atoms with Crippen molar-refractivity contribution in [3.63, 3.8) is 0 Å². The Hall–Kier alpha value is -2.99. The molecule has 0 aliphatic rings. The summed E-state index contributed by atoms with van der Waals surface area (Å²) in [6.45, 7) is 2.83. The molecule has 154 valence electrons. The molecule has 0 saturated heterocycles. The van der Waals surface area contributed by atoms with Crippen molar-refractivity contribution in [3.8, 4) is 0 Å². The van der Waals surface area contributed by atoms with Gasteiger partial charge in [0, 0.05) is 18.6 Å². The van der Waals surface area contributed by atoms with Gasteiger partial charge in [-0.05, 0) is 37.5 Å². The number of carbonyl (C=O) groups is 3. The summed E-state index contributed by atoms with van der Waals surface area (Å²) in [7, 11) is 0. The van der Waals surface area contributed by atoms with Gasteiger partial charge in [-0.15, -0.1) is 0 Å². The van der Waals surface area contributed by atoms with Crippen molar-refractivity contribution < 1.29 is 23.9 Å². The van der Waals surface area contributed by atoms with Gasteiger partial charge in [-0.1, -0.05) is 48.5 Å². The third-order valence-electron chi connectivity index (χ3n) is 4.23. The number of unbranched alkanes of at least 4 members (excludes halogenated alkanes) is 1. The first-order chi connectivity index (χ1) is 14.1. The molecule has 0 bridgehead atoms. The number of benzene rings is 2. The number of hydrogen-bond donors (Lipinski definition) is 1. The molecule has 1 N–H and O–H groups in total. The van der Waals surface area contributed by atoms with Crippen molar-refractivity contribution in [2.75, 3.05) is 13.2 Å². The summed E-state index contributed by atoms with van der Waals surface area (Å²) in [6.07, 6.45) is 1.40. The summed E-state index contributed by atoms with van der Waals surface area (Å²) < 4.78 is 10.6. The number of ketones is 1. The second-order valence-corrected chi connectivity index (χ2v) is 6.49. The van der Waals surface area contributed by atoms with Crippen LogP contribution in [-0.4, -0.2) is 36.9 Å². The topological polar surface area (TPSA) is 81.7 Å². The number of Topliss-reactive ketones (excluding diaryl/α,β-unsaturated/α-hetero) is 1. The van der Waals surface area contributed by atoms with Crippen LogP contribution in [-0.2, 0) is 25.7 Å².